The fourth-order valence-electron chi connectivity index (χ4n) is 3.25. The predicted molar refractivity (Wildman–Crippen MR) is 135 cm³/mol. The molecule has 9 heteroatoms. The summed E-state index contributed by atoms with van der Waals surface area (Å²) >= 11 is 0. The standard InChI is InChI=1S/C27H23FN2O5S/c1-19-17-25(36(32,33)30-22-9-7-20(28)8-10-22)15-16-26(19)34-18-27(31)29-21-11-13-24(14-12-21)35-23-5-3-2-4-6-23/h2-17,30H,18H2,1H3,(H,29,31). The topological polar surface area (TPSA) is 93.7 Å². The van der Waals surface area contributed by atoms with Gasteiger partial charge in [-0.1, -0.05) is 18.2 Å². The van der Waals surface area contributed by atoms with Gasteiger partial charge in [-0.15, -0.1) is 0 Å². The Morgan fingerprint density at radius 3 is 2.14 bits per heavy atom. The van der Waals surface area contributed by atoms with Crippen LogP contribution >= 0.6 is 0 Å². The van der Waals surface area contributed by atoms with Crippen LogP contribution in [0, 0.1) is 12.7 Å². The average Bonchev–Trinajstić information content (AvgIpc) is 2.86. The van der Waals surface area contributed by atoms with Crippen molar-refractivity contribution in [3.8, 4) is 17.2 Å². The molecule has 0 aliphatic rings. The van der Waals surface area contributed by atoms with Crippen LogP contribution in [0.3, 0.4) is 0 Å². The number of amides is 1. The Labute approximate surface area is 208 Å². The quantitative estimate of drug-likeness (QED) is 0.302. The predicted octanol–water partition coefficient (Wildman–Crippen LogP) is 5.74. The van der Waals surface area contributed by atoms with Crippen molar-refractivity contribution in [3.05, 3.63) is 108 Å². The number of anilines is 2. The fourth-order valence-corrected chi connectivity index (χ4v) is 4.40. The number of ether oxygens (including phenoxy) is 2. The summed E-state index contributed by atoms with van der Waals surface area (Å²) in [6.07, 6.45) is 0. The summed E-state index contributed by atoms with van der Waals surface area (Å²) in [7, 11) is -3.88. The van der Waals surface area contributed by atoms with E-state index in [0.29, 0.717) is 28.5 Å². The molecule has 4 rings (SSSR count). The minimum atomic E-state index is -3.88. The molecule has 7 nitrogen and oxygen atoms in total. The number of hydrogen-bond acceptors (Lipinski definition) is 5. The molecular formula is C27H23FN2O5S. The molecule has 36 heavy (non-hydrogen) atoms. The van der Waals surface area contributed by atoms with Gasteiger partial charge in [0.05, 0.1) is 4.90 Å². The highest BCUT2D eigenvalue weighted by Gasteiger charge is 2.16. The van der Waals surface area contributed by atoms with Crippen molar-refractivity contribution in [1.82, 2.24) is 0 Å². The number of benzene rings is 4. The van der Waals surface area contributed by atoms with E-state index in [1.165, 1.54) is 30.3 Å². The van der Waals surface area contributed by atoms with Crippen LogP contribution in [0.25, 0.3) is 0 Å². The smallest absolute Gasteiger partial charge is 0.262 e. The lowest BCUT2D eigenvalue weighted by Gasteiger charge is -2.13. The Bertz CT molecular complexity index is 1440. The van der Waals surface area contributed by atoms with Crippen LogP contribution in [0.1, 0.15) is 5.56 Å². The highest BCUT2D eigenvalue weighted by atomic mass is 32.2. The molecule has 0 bridgehead atoms. The second-order valence-electron chi connectivity index (χ2n) is 7.82. The number of nitrogens with one attached hydrogen (secondary N) is 2. The van der Waals surface area contributed by atoms with Gasteiger partial charge in [0.15, 0.2) is 6.61 Å². The largest absolute Gasteiger partial charge is 0.483 e. The van der Waals surface area contributed by atoms with Gasteiger partial charge in [0.1, 0.15) is 23.1 Å². The summed E-state index contributed by atoms with van der Waals surface area (Å²) in [6.45, 7) is 1.42. The highest BCUT2D eigenvalue weighted by Crippen LogP contribution is 2.25. The molecule has 0 aliphatic carbocycles. The summed E-state index contributed by atoms with van der Waals surface area (Å²) in [5.74, 6) is 0.879. The van der Waals surface area contributed by atoms with Crippen molar-refractivity contribution in [2.75, 3.05) is 16.6 Å². The molecule has 1 amide bonds. The molecule has 0 fully saturated rings. The minimum Gasteiger partial charge on any atom is -0.483 e. The van der Waals surface area contributed by atoms with Crippen molar-refractivity contribution in [2.45, 2.75) is 11.8 Å². The Kier molecular flexibility index (Phi) is 7.50. The van der Waals surface area contributed by atoms with E-state index in [-0.39, 0.29) is 23.1 Å². The van der Waals surface area contributed by atoms with Crippen LogP contribution < -0.4 is 19.5 Å². The lowest BCUT2D eigenvalue weighted by molar-refractivity contribution is -0.118. The first-order valence-corrected chi connectivity index (χ1v) is 12.4. The molecule has 4 aromatic rings. The van der Waals surface area contributed by atoms with Crippen LogP contribution in [0.4, 0.5) is 15.8 Å². The maximum atomic E-state index is 13.1. The molecular weight excluding hydrogens is 483 g/mol. The van der Waals surface area contributed by atoms with E-state index in [2.05, 4.69) is 10.0 Å². The van der Waals surface area contributed by atoms with Crippen molar-refractivity contribution in [3.63, 3.8) is 0 Å². The number of carbonyl (C=O) groups excluding carboxylic acids is 1. The summed E-state index contributed by atoms with van der Waals surface area (Å²) in [4.78, 5) is 12.3. The van der Waals surface area contributed by atoms with Crippen molar-refractivity contribution in [1.29, 1.82) is 0 Å². The number of para-hydroxylation sites is 1. The second-order valence-corrected chi connectivity index (χ2v) is 9.50. The number of halogens is 1. The second kappa shape index (κ2) is 10.9. The fraction of sp³-hybridized carbons (Fsp3) is 0.0741. The van der Waals surface area contributed by atoms with E-state index < -0.39 is 15.8 Å². The molecule has 184 valence electrons. The summed E-state index contributed by atoms with van der Waals surface area (Å²) in [5, 5.41) is 2.74. The zero-order chi connectivity index (χ0) is 25.5. The van der Waals surface area contributed by atoms with Crippen molar-refractivity contribution in [2.24, 2.45) is 0 Å². The molecule has 0 aliphatic heterocycles. The van der Waals surface area contributed by atoms with Gasteiger partial charge in [0, 0.05) is 11.4 Å². The lowest BCUT2D eigenvalue weighted by atomic mass is 10.2. The maximum absolute atomic E-state index is 13.1. The van der Waals surface area contributed by atoms with Gasteiger partial charge in [-0.2, -0.15) is 0 Å². The first-order chi connectivity index (χ1) is 17.3. The third kappa shape index (κ3) is 6.61. The normalized spacial score (nSPS) is 10.9. The zero-order valence-corrected chi connectivity index (χ0v) is 20.1. The van der Waals surface area contributed by atoms with E-state index in [1.807, 2.05) is 30.3 Å². The van der Waals surface area contributed by atoms with E-state index >= 15 is 0 Å². The summed E-state index contributed by atoms with van der Waals surface area (Å²) in [6, 6.07) is 25.6. The van der Waals surface area contributed by atoms with Gasteiger partial charge < -0.3 is 14.8 Å². The van der Waals surface area contributed by atoms with E-state index in [9.17, 15) is 17.6 Å². The van der Waals surface area contributed by atoms with E-state index in [0.717, 1.165) is 12.1 Å². The molecule has 0 saturated heterocycles. The molecule has 0 saturated carbocycles. The first-order valence-electron chi connectivity index (χ1n) is 10.9. The van der Waals surface area contributed by atoms with E-state index in [1.54, 1.807) is 31.2 Å². The van der Waals surface area contributed by atoms with Gasteiger partial charge in [-0.25, -0.2) is 12.8 Å². The molecule has 0 atom stereocenters. The monoisotopic (exact) mass is 506 g/mol. The van der Waals surface area contributed by atoms with Crippen LogP contribution in [0.5, 0.6) is 17.2 Å². The minimum absolute atomic E-state index is 0.0129. The van der Waals surface area contributed by atoms with Crippen LogP contribution in [0.2, 0.25) is 0 Å². The van der Waals surface area contributed by atoms with Crippen molar-refractivity contribution >= 4 is 27.3 Å². The molecule has 2 N–H and O–H groups in total. The van der Waals surface area contributed by atoms with E-state index in [4.69, 9.17) is 9.47 Å². The van der Waals surface area contributed by atoms with Crippen LogP contribution in [-0.2, 0) is 14.8 Å². The number of hydrogen-bond donors (Lipinski definition) is 2. The van der Waals surface area contributed by atoms with Crippen LogP contribution in [-0.4, -0.2) is 20.9 Å². The number of sulfonamides is 1. The SMILES string of the molecule is Cc1cc(S(=O)(=O)Nc2ccc(F)cc2)ccc1OCC(=O)Nc1ccc(Oc2ccccc2)cc1. The summed E-state index contributed by atoms with van der Waals surface area (Å²) in [5.41, 5.74) is 1.35. The average molecular weight is 507 g/mol. The van der Waals surface area contributed by atoms with Gasteiger partial charge in [0.25, 0.3) is 15.9 Å². The molecule has 4 aromatic carbocycles. The van der Waals surface area contributed by atoms with Crippen molar-refractivity contribution < 1.29 is 27.1 Å². The third-order valence-corrected chi connectivity index (χ3v) is 6.41. The van der Waals surface area contributed by atoms with Gasteiger partial charge >= 0.3 is 0 Å². The highest BCUT2D eigenvalue weighted by molar-refractivity contribution is 7.92. The van der Waals surface area contributed by atoms with Gasteiger partial charge in [0.2, 0.25) is 0 Å². The van der Waals surface area contributed by atoms with Gasteiger partial charge in [-0.05, 0) is 91.3 Å². The zero-order valence-electron chi connectivity index (χ0n) is 19.3. The number of rotatable bonds is 9. The molecule has 0 spiro atoms. The molecule has 0 unspecified atom stereocenters. The number of aryl methyl sites for hydroxylation is 1. The molecule has 0 aromatic heterocycles. The molecule has 0 radical (unpaired) electrons. The maximum Gasteiger partial charge on any atom is 0.262 e. The first kappa shape index (κ1) is 24.7. The summed E-state index contributed by atoms with van der Waals surface area (Å²) < 4.78 is 52.0. The van der Waals surface area contributed by atoms with Gasteiger partial charge in [-0.3, -0.25) is 9.52 Å². The molecule has 0 heterocycles. The van der Waals surface area contributed by atoms with Crippen LogP contribution in [0.15, 0.2) is 102 Å². The Hall–Kier alpha value is -4.37. The number of carbonyl (C=O) groups is 1. The Balaban J connectivity index is 1.31. The Morgan fingerprint density at radius 2 is 1.47 bits per heavy atom. The third-order valence-electron chi connectivity index (χ3n) is 5.03. The Morgan fingerprint density at radius 1 is 0.833 bits per heavy atom. The lowest BCUT2D eigenvalue weighted by Crippen LogP contribution is -2.20.